The number of hydrogen-bond donors (Lipinski definition) is 1. The van der Waals surface area contributed by atoms with Crippen LogP contribution in [0.25, 0.3) is 0 Å². The Labute approximate surface area is 139 Å². The molecule has 122 valence electrons. The number of ketones is 1. The van der Waals surface area contributed by atoms with Crippen molar-refractivity contribution < 1.29 is 14.1 Å². The first-order chi connectivity index (χ1) is 10.9. The minimum absolute atomic E-state index is 0.0673. The number of aryl methyl sites for hydroxylation is 1. The van der Waals surface area contributed by atoms with Gasteiger partial charge in [0.25, 0.3) is 0 Å². The number of fused-ring (bicyclic) bond motifs is 1. The third-order valence-corrected chi connectivity index (χ3v) is 6.51. The molecule has 0 spiro atoms. The van der Waals surface area contributed by atoms with Gasteiger partial charge in [0.1, 0.15) is 0 Å². The Hall–Kier alpha value is -1.52. The molecule has 0 saturated carbocycles. The molecule has 1 N–H and O–H groups in total. The second-order valence-corrected chi connectivity index (χ2v) is 8.14. The lowest BCUT2D eigenvalue weighted by Gasteiger charge is -2.43. The summed E-state index contributed by atoms with van der Waals surface area (Å²) < 4.78 is 12.7. The van der Waals surface area contributed by atoms with Gasteiger partial charge in [-0.05, 0) is 43.5 Å². The van der Waals surface area contributed by atoms with Crippen LogP contribution in [0.15, 0.2) is 53.5 Å². The predicted octanol–water partition coefficient (Wildman–Crippen LogP) is 2.80. The van der Waals surface area contributed by atoms with E-state index < -0.39 is 16.4 Å². The Bertz CT molecular complexity index is 689. The van der Waals surface area contributed by atoms with Crippen molar-refractivity contribution in [2.75, 3.05) is 5.75 Å². The first-order valence-corrected chi connectivity index (χ1v) is 9.30. The Morgan fingerprint density at radius 3 is 2.70 bits per heavy atom. The van der Waals surface area contributed by atoms with Gasteiger partial charge in [-0.25, -0.2) is 0 Å². The van der Waals surface area contributed by atoms with Crippen LogP contribution < -0.4 is 0 Å². The van der Waals surface area contributed by atoms with Crippen molar-refractivity contribution >= 4 is 16.6 Å². The lowest BCUT2D eigenvalue weighted by atomic mass is 9.64. The van der Waals surface area contributed by atoms with Crippen molar-refractivity contribution in [3.63, 3.8) is 0 Å². The molecule has 0 aliphatic heterocycles. The molecule has 0 fully saturated rings. The van der Waals surface area contributed by atoms with Gasteiger partial charge in [0.05, 0.1) is 22.2 Å². The maximum absolute atomic E-state index is 12.7. The fourth-order valence-corrected chi connectivity index (χ4v) is 4.98. The fraction of sp³-hybridized carbons (Fsp3) is 0.421. The van der Waals surface area contributed by atoms with Crippen molar-refractivity contribution in [3.8, 4) is 0 Å². The van der Waals surface area contributed by atoms with Crippen molar-refractivity contribution in [1.29, 1.82) is 0 Å². The van der Waals surface area contributed by atoms with E-state index >= 15 is 0 Å². The quantitative estimate of drug-likeness (QED) is 0.867. The molecule has 0 amide bonds. The molecule has 2 aliphatic rings. The minimum atomic E-state index is -1.30. The lowest BCUT2D eigenvalue weighted by molar-refractivity contribution is -0.126. The van der Waals surface area contributed by atoms with E-state index in [0.717, 1.165) is 5.56 Å². The average Bonchev–Trinajstić information content (AvgIpc) is 2.52. The SMILES string of the molecule is Cc1ccc([S@](=O)C[C@@]2(O)C=CC(=O)[C@@H]3[C@H](C)C=CC[C@@H]32)cc1. The van der Waals surface area contributed by atoms with Crippen molar-refractivity contribution in [2.45, 2.75) is 30.8 Å². The normalized spacial score (nSPS) is 34.2. The Morgan fingerprint density at radius 2 is 2.00 bits per heavy atom. The van der Waals surface area contributed by atoms with Crippen LogP contribution in [0.1, 0.15) is 18.9 Å². The summed E-state index contributed by atoms with van der Waals surface area (Å²) in [5, 5.41) is 11.1. The molecule has 0 bridgehead atoms. The van der Waals surface area contributed by atoms with Crippen molar-refractivity contribution in [2.24, 2.45) is 17.8 Å². The van der Waals surface area contributed by atoms with Gasteiger partial charge in [0.2, 0.25) is 0 Å². The van der Waals surface area contributed by atoms with Crippen LogP contribution in [0.3, 0.4) is 0 Å². The van der Waals surface area contributed by atoms with E-state index in [1.54, 1.807) is 6.08 Å². The van der Waals surface area contributed by atoms with Gasteiger partial charge in [0, 0.05) is 16.7 Å². The van der Waals surface area contributed by atoms with Crippen molar-refractivity contribution in [3.05, 3.63) is 54.1 Å². The highest BCUT2D eigenvalue weighted by Crippen LogP contribution is 2.42. The van der Waals surface area contributed by atoms with Crippen LogP contribution >= 0.6 is 0 Å². The number of benzene rings is 1. The largest absolute Gasteiger partial charge is 0.384 e. The molecular weight excluding hydrogens is 308 g/mol. The van der Waals surface area contributed by atoms with E-state index in [1.165, 1.54) is 6.08 Å². The van der Waals surface area contributed by atoms with Gasteiger partial charge in [-0.15, -0.1) is 0 Å². The molecule has 3 nitrogen and oxygen atoms in total. The highest BCUT2D eigenvalue weighted by atomic mass is 32.2. The van der Waals surface area contributed by atoms with Gasteiger partial charge in [-0.2, -0.15) is 0 Å². The van der Waals surface area contributed by atoms with E-state index in [1.807, 2.05) is 50.3 Å². The van der Waals surface area contributed by atoms with Crippen LogP contribution in [0.4, 0.5) is 0 Å². The molecule has 0 saturated heterocycles. The molecule has 4 heteroatoms. The average molecular weight is 330 g/mol. The third-order valence-electron chi connectivity index (χ3n) is 4.98. The number of carbonyl (C=O) groups excluding carboxylic acids is 1. The summed E-state index contributed by atoms with van der Waals surface area (Å²) in [7, 11) is -1.30. The van der Waals surface area contributed by atoms with E-state index in [2.05, 4.69) is 0 Å². The zero-order valence-corrected chi connectivity index (χ0v) is 14.3. The summed E-state index contributed by atoms with van der Waals surface area (Å²) >= 11 is 0. The number of rotatable bonds is 3. The topological polar surface area (TPSA) is 54.4 Å². The van der Waals surface area contributed by atoms with Gasteiger partial charge in [-0.1, -0.05) is 36.8 Å². The van der Waals surface area contributed by atoms with Gasteiger partial charge < -0.3 is 5.11 Å². The lowest BCUT2D eigenvalue weighted by Crippen LogP contribution is -2.51. The monoisotopic (exact) mass is 330 g/mol. The molecule has 0 heterocycles. The number of hydrogen-bond acceptors (Lipinski definition) is 3. The Balaban J connectivity index is 1.87. The highest BCUT2D eigenvalue weighted by Gasteiger charge is 2.48. The van der Waals surface area contributed by atoms with Gasteiger partial charge >= 0.3 is 0 Å². The first-order valence-electron chi connectivity index (χ1n) is 7.98. The summed E-state index contributed by atoms with van der Waals surface area (Å²) in [6.45, 7) is 3.98. The first kappa shape index (κ1) is 16.3. The molecular formula is C19H22O3S. The minimum Gasteiger partial charge on any atom is -0.384 e. The van der Waals surface area contributed by atoms with Crippen LogP contribution in [-0.4, -0.2) is 26.5 Å². The van der Waals surface area contributed by atoms with Crippen LogP contribution in [0.2, 0.25) is 0 Å². The summed E-state index contributed by atoms with van der Waals surface area (Å²) in [4.78, 5) is 12.9. The van der Waals surface area contributed by atoms with Crippen LogP contribution in [0, 0.1) is 24.7 Å². The number of allylic oxidation sites excluding steroid dienone is 3. The number of aliphatic hydroxyl groups is 1. The molecule has 0 aromatic heterocycles. The summed E-state index contributed by atoms with van der Waals surface area (Å²) in [6.07, 6.45) is 7.75. The van der Waals surface area contributed by atoms with E-state index in [0.29, 0.717) is 11.3 Å². The second kappa shape index (κ2) is 6.17. The Morgan fingerprint density at radius 1 is 1.30 bits per heavy atom. The molecule has 0 unspecified atom stereocenters. The fourth-order valence-electron chi connectivity index (χ4n) is 3.64. The van der Waals surface area contributed by atoms with Crippen LogP contribution in [0.5, 0.6) is 0 Å². The maximum atomic E-state index is 12.7. The smallest absolute Gasteiger partial charge is 0.159 e. The number of carbonyl (C=O) groups is 1. The highest BCUT2D eigenvalue weighted by molar-refractivity contribution is 7.85. The van der Waals surface area contributed by atoms with E-state index in [4.69, 9.17) is 0 Å². The molecule has 0 radical (unpaired) electrons. The summed E-state index contributed by atoms with van der Waals surface area (Å²) in [6, 6.07) is 7.53. The molecule has 1 aromatic rings. The summed E-state index contributed by atoms with van der Waals surface area (Å²) in [5.74, 6) is -0.121. The molecule has 1 aromatic carbocycles. The standard InChI is InChI=1S/C19H22O3S/c1-13-6-8-15(9-7-13)23(22)12-19(21)11-10-17(20)18-14(2)4-3-5-16(18)19/h3-4,6-11,14,16,18,21H,5,12H2,1-2H3/t14-,16+,18-,19+,23-/m1/s1. The predicted molar refractivity (Wildman–Crippen MR) is 91.5 cm³/mol. The molecule has 3 rings (SSSR count). The second-order valence-electron chi connectivity index (χ2n) is 6.69. The Kier molecular flexibility index (Phi) is 4.39. The molecule has 23 heavy (non-hydrogen) atoms. The van der Waals surface area contributed by atoms with Crippen molar-refractivity contribution in [1.82, 2.24) is 0 Å². The van der Waals surface area contributed by atoms with E-state index in [-0.39, 0.29) is 29.3 Å². The van der Waals surface area contributed by atoms with E-state index in [9.17, 15) is 14.1 Å². The molecule has 2 aliphatic carbocycles. The third kappa shape index (κ3) is 3.10. The van der Waals surface area contributed by atoms with Gasteiger partial charge in [-0.3, -0.25) is 9.00 Å². The molecule has 5 atom stereocenters. The zero-order chi connectivity index (χ0) is 16.6. The zero-order valence-electron chi connectivity index (χ0n) is 13.4. The maximum Gasteiger partial charge on any atom is 0.159 e. The summed E-state index contributed by atoms with van der Waals surface area (Å²) in [5.41, 5.74) is -0.0909. The van der Waals surface area contributed by atoms with Gasteiger partial charge in [0.15, 0.2) is 5.78 Å². The van der Waals surface area contributed by atoms with Crippen LogP contribution in [-0.2, 0) is 15.6 Å².